The number of nitrogens with zero attached hydrogens (tertiary/aromatic N) is 1. The van der Waals surface area contributed by atoms with Crippen molar-refractivity contribution in [2.75, 3.05) is 7.11 Å². The molecule has 5 nitrogen and oxygen atoms in total. The van der Waals surface area contributed by atoms with Crippen molar-refractivity contribution in [2.24, 2.45) is 11.3 Å². The molecule has 2 N–H and O–H groups in total. The van der Waals surface area contributed by atoms with Crippen molar-refractivity contribution in [2.45, 2.75) is 31.7 Å². The predicted molar refractivity (Wildman–Crippen MR) is 109 cm³/mol. The topological polar surface area (TPSA) is 72.6 Å². The van der Waals surface area contributed by atoms with E-state index in [1.165, 1.54) is 12.1 Å². The van der Waals surface area contributed by atoms with Gasteiger partial charge >= 0.3 is 5.97 Å². The molecule has 0 aromatic heterocycles. The van der Waals surface area contributed by atoms with Gasteiger partial charge in [-0.05, 0) is 41.8 Å². The minimum atomic E-state index is -0.974. The van der Waals surface area contributed by atoms with Crippen molar-refractivity contribution >= 4 is 35.1 Å². The van der Waals surface area contributed by atoms with Crippen molar-refractivity contribution in [3.8, 4) is 0 Å². The van der Waals surface area contributed by atoms with Crippen molar-refractivity contribution in [3.05, 3.63) is 69.7 Å². The summed E-state index contributed by atoms with van der Waals surface area (Å²) in [5, 5.41) is 2.44. The van der Waals surface area contributed by atoms with Crippen LogP contribution in [-0.4, -0.2) is 24.0 Å². The minimum absolute atomic E-state index is 0.0412. The lowest BCUT2D eigenvalue weighted by Crippen LogP contribution is -2.55. The van der Waals surface area contributed by atoms with Crippen molar-refractivity contribution < 1.29 is 14.3 Å². The Morgan fingerprint density at radius 2 is 1.86 bits per heavy atom. The molecule has 1 aliphatic rings. The van der Waals surface area contributed by atoms with E-state index in [0.717, 1.165) is 11.1 Å². The van der Waals surface area contributed by atoms with Crippen LogP contribution in [0.15, 0.2) is 48.5 Å². The summed E-state index contributed by atoms with van der Waals surface area (Å²) >= 11 is 12.2. The third-order valence-electron chi connectivity index (χ3n) is 5.35. The van der Waals surface area contributed by atoms with E-state index in [9.17, 15) is 9.59 Å². The summed E-state index contributed by atoms with van der Waals surface area (Å²) < 4.78 is 4.80. The van der Waals surface area contributed by atoms with Crippen LogP contribution in [0.25, 0.3) is 0 Å². The zero-order valence-corrected chi connectivity index (χ0v) is 17.2. The molecule has 2 aromatic rings. The number of methoxy groups -OCH3 is 1. The Hall–Kier alpha value is -2.08. The Kier molecular flexibility index (Phi) is 5.98. The average Bonchev–Trinajstić information content (AvgIpc) is 2.67. The molecule has 3 atom stereocenters. The second-order valence-electron chi connectivity index (χ2n) is 7.39. The van der Waals surface area contributed by atoms with Gasteiger partial charge in [0.15, 0.2) is 0 Å². The van der Waals surface area contributed by atoms with E-state index in [2.05, 4.69) is 0 Å². The highest BCUT2D eigenvalue weighted by Gasteiger charge is 2.50. The van der Waals surface area contributed by atoms with Crippen molar-refractivity contribution in [1.29, 1.82) is 0 Å². The molecule has 7 heteroatoms. The lowest BCUT2D eigenvalue weighted by Gasteiger charge is -2.47. The largest absolute Gasteiger partial charge is 0.469 e. The molecule has 0 spiro atoms. The molecule has 0 saturated carbocycles. The monoisotopic (exact) mass is 420 g/mol. The van der Waals surface area contributed by atoms with Crippen molar-refractivity contribution in [1.82, 2.24) is 5.01 Å². The summed E-state index contributed by atoms with van der Waals surface area (Å²) in [6.45, 7) is 1.75. The maximum absolute atomic E-state index is 13.1. The fourth-order valence-electron chi connectivity index (χ4n) is 3.94. The first-order valence-electron chi connectivity index (χ1n) is 8.91. The molecule has 0 bridgehead atoms. The normalized spacial score (nSPS) is 24.9. The van der Waals surface area contributed by atoms with Gasteiger partial charge in [0.2, 0.25) is 5.91 Å². The number of benzene rings is 2. The van der Waals surface area contributed by atoms with Gasteiger partial charge in [0.05, 0.1) is 25.0 Å². The third kappa shape index (κ3) is 4.02. The van der Waals surface area contributed by atoms with Gasteiger partial charge in [-0.1, -0.05) is 54.4 Å². The number of carbonyl (C=O) groups excluding carboxylic acids is 2. The van der Waals surface area contributed by atoms with Gasteiger partial charge < -0.3 is 4.74 Å². The molecule has 28 heavy (non-hydrogen) atoms. The Balaban J connectivity index is 2.08. The smallest absolute Gasteiger partial charge is 0.306 e. The summed E-state index contributed by atoms with van der Waals surface area (Å²) in [5.41, 5.74) is 0.842. The Labute approximate surface area is 174 Å². The number of esters is 1. The first-order chi connectivity index (χ1) is 13.2. The van der Waals surface area contributed by atoms with E-state index in [1.54, 1.807) is 25.1 Å². The fourth-order valence-corrected chi connectivity index (χ4v) is 4.27. The predicted octanol–water partition coefficient (Wildman–Crippen LogP) is 4.49. The average molecular weight is 421 g/mol. The standard InChI is InChI=1S/C21H22Cl2N2O3/c1-21(12-18(26)28-2)11-17(14-4-3-5-16(23)10-14)19(25(24)20(21)27)13-6-8-15(22)9-7-13/h3-10,17,19H,11-12,24H2,1-2H3/t17-,19-,21-/m1/s1. The van der Waals surface area contributed by atoms with Gasteiger partial charge in [-0.2, -0.15) is 0 Å². The molecule has 148 valence electrons. The molecule has 1 amide bonds. The van der Waals surface area contributed by atoms with E-state index in [4.69, 9.17) is 33.8 Å². The van der Waals surface area contributed by atoms with Crippen LogP contribution in [0.2, 0.25) is 10.0 Å². The van der Waals surface area contributed by atoms with Crippen LogP contribution in [0, 0.1) is 5.41 Å². The van der Waals surface area contributed by atoms with E-state index in [-0.39, 0.29) is 18.2 Å². The van der Waals surface area contributed by atoms with Crippen LogP contribution < -0.4 is 5.84 Å². The zero-order chi connectivity index (χ0) is 20.5. The highest BCUT2D eigenvalue weighted by Crippen LogP contribution is 2.50. The Morgan fingerprint density at radius 1 is 1.18 bits per heavy atom. The number of hydrogen-bond donors (Lipinski definition) is 1. The van der Waals surface area contributed by atoms with E-state index in [0.29, 0.717) is 16.5 Å². The highest BCUT2D eigenvalue weighted by atomic mass is 35.5. The van der Waals surface area contributed by atoms with Gasteiger partial charge in [0.25, 0.3) is 0 Å². The number of hydrogen-bond acceptors (Lipinski definition) is 4. The second-order valence-corrected chi connectivity index (χ2v) is 8.26. The summed E-state index contributed by atoms with van der Waals surface area (Å²) in [6.07, 6.45) is 0.392. The molecule has 3 rings (SSSR count). The van der Waals surface area contributed by atoms with Gasteiger partial charge in [-0.3, -0.25) is 14.6 Å². The molecule has 2 aromatic carbocycles. The fraction of sp³-hybridized carbons (Fsp3) is 0.333. The second kappa shape index (κ2) is 8.11. The molecule has 1 saturated heterocycles. The van der Waals surface area contributed by atoms with E-state index < -0.39 is 17.4 Å². The summed E-state index contributed by atoms with van der Waals surface area (Å²) in [6, 6.07) is 14.4. The number of carbonyl (C=O) groups is 2. The summed E-state index contributed by atoms with van der Waals surface area (Å²) in [7, 11) is 1.31. The first kappa shape index (κ1) is 20.6. The molecule has 0 unspecified atom stereocenters. The SMILES string of the molecule is COC(=O)C[C@@]1(C)C[C@H](c2cccc(Cl)c2)[C@@H](c2ccc(Cl)cc2)N(N)C1=O. The van der Waals surface area contributed by atoms with Gasteiger partial charge in [0.1, 0.15) is 0 Å². The van der Waals surface area contributed by atoms with Crippen LogP contribution in [0.5, 0.6) is 0 Å². The summed E-state index contributed by atoms with van der Waals surface area (Å²) in [5.74, 6) is 5.42. The summed E-state index contributed by atoms with van der Waals surface area (Å²) in [4.78, 5) is 25.1. The number of amides is 1. The number of hydrazine groups is 1. The molecule has 0 aliphatic carbocycles. The quantitative estimate of drug-likeness (QED) is 0.449. The molecular weight excluding hydrogens is 399 g/mol. The molecule has 1 aliphatic heterocycles. The molecular formula is C21H22Cl2N2O3. The number of piperidine rings is 1. The van der Waals surface area contributed by atoms with Crippen LogP contribution in [0.3, 0.4) is 0 Å². The lowest BCUT2D eigenvalue weighted by molar-refractivity contribution is -0.159. The molecule has 1 fully saturated rings. The molecule has 0 radical (unpaired) electrons. The van der Waals surface area contributed by atoms with Crippen molar-refractivity contribution in [3.63, 3.8) is 0 Å². The first-order valence-corrected chi connectivity index (χ1v) is 9.67. The maximum Gasteiger partial charge on any atom is 0.306 e. The zero-order valence-electron chi connectivity index (χ0n) is 15.7. The highest BCUT2D eigenvalue weighted by molar-refractivity contribution is 6.30. The maximum atomic E-state index is 13.1. The van der Waals surface area contributed by atoms with Crippen LogP contribution in [-0.2, 0) is 14.3 Å². The molecule has 1 heterocycles. The minimum Gasteiger partial charge on any atom is -0.469 e. The number of halogens is 2. The van der Waals surface area contributed by atoms with Gasteiger partial charge in [-0.15, -0.1) is 0 Å². The van der Waals surface area contributed by atoms with Crippen LogP contribution >= 0.6 is 23.2 Å². The van der Waals surface area contributed by atoms with Gasteiger partial charge in [-0.25, -0.2) is 5.84 Å². The van der Waals surface area contributed by atoms with Crippen LogP contribution in [0.1, 0.15) is 42.9 Å². The Bertz CT molecular complexity index is 887. The van der Waals surface area contributed by atoms with E-state index >= 15 is 0 Å². The lowest BCUT2D eigenvalue weighted by atomic mass is 9.68. The van der Waals surface area contributed by atoms with Gasteiger partial charge in [0, 0.05) is 16.0 Å². The number of nitrogens with two attached hydrogens (primary N) is 1. The number of rotatable bonds is 4. The third-order valence-corrected chi connectivity index (χ3v) is 5.84. The Morgan fingerprint density at radius 3 is 2.46 bits per heavy atom. The van der Waals surface area contributed by atoms with Crippen LogP contribution in [0.4, 0.5) is 0 Å². The van der Waals surface area contributed by atoms with E-state index in [1.807, 2.05) is 30.3 Å². The number of ether oxygens (including phenoxy) is 1.